The summed E-state index contributed by atoms with van der Waals surface area (Å²) >= 11 is 5.51. The number of aryl methyl sites for hydroxylation is 1. The Morgan fingerprint density at radius 2 is 1.95 bits per heavy atom. The van der Waals surface area contributed by atoms with E-state index in [4.69, 9.17) is 5.73 Å². The molecular weight excluding hydrogens is 332 g/mol. The van der Waals surface area contributed by atoms with E-state index < -0.39 is 0 Å². The van der Waals surface area contributed by atoms with Crippen LogP contribution >= 0.6 is 27.3 Å². The minimum absolute atomic E-state index is 0.400. The van der Waals surface area contributed by atoms with Crippen LogP contribution in [-0.2, 0) is 0 Å². The van der Waals surface area contributed by atoms with Crippen molar-refractivity contribution in [2.75, 3.05) is 19.6 Å². The number of halogens is 1. The van der Waals surface area contributed by atoms with Crippen LogP contribution in [0.1, 0.15) is 55.3 Å². The molecule has 2 rings (SSSR count). The Labute approximate surface area is 135 Å². The fourth-order valence-corrected chi connectivity index (χ4v) is 5.07. The minimum atomic E-state index is 0.400. The summed E-state index contributed by atoms with van der Waals surface area (Å²) in [6, 6.07) is 2.66. The van der Waals surface area contributed by atoms with Crippen LogP contribution in [-0.4, -0.2) is 24.5 Å². The van der Waals surface area contributed by atoms with Gasteiger partial charge >= 0.3 is 0 Å². The van der Waals surface area contributed by atoms with E-state index in [0.717, 1.165) is 6.54 Å². The summed E-state index contributed by atoms with van der Waals surface area (Å²) in [4.78, 5) is 5.37. The van der Waals surface area contributed by atoms with Gasteiger partial charge in [-0.2, -0.15) is 0 Å². The van der Waals surface area contributed by atoms with Gasteiger partial charge in [-0.3, -0.25) is 4.90 Å². The number of hydrogen-bond donors (Lipinski definition) is 1. The lowest BCUT2D eigenvalue weighted by Gasteiger charge is -2.43. The molecule has 1 atom stereocenters. The Bertz CT molecular complexity index is 410. The summed E-state index contributed by atoms with van der Waals surface area (Å²) in [5.74, 6) is 0. The topological polar surface area (TPSA) is 29.3 Å². The van der Waals surface area contributed by atoms with E-state index in [1.54, 1.807) is 0 Å². The number of hydrogen-bond acceptors (Lipinski definition) is 3. The van der Waals surface area contributed by atoms with Crippen LogP contribution in [0, 0.1) is 12.3 Å². The number of nitrogens with zero attached hydrogens (tertiary/aromatic N) is 1. The first kappa shape index (κ1) is 16.5. The highest BCUT2D eigenvalue weighted by Crippen LogP contribution is 2.41. The molecule has 1 aliphatic heterocycles. The molecule has 20 heavy (non-hydrogen) atoms. The molecule has 0 aliphatic carbocycles. The van der Waals surface area contributed by atoms with Gasteiger partial charge in [-0.1, -0.05) is 26.7 Å². The second-order valence-electron chi connectivity index (χ2n) is 6.05. The van der Waals surface area contributed by atoms with Crippen LogP contribution < -0.4 is 5.73 Å². The van der Waals surface area contributed by atoms with Crippen LogP contribution in [0.2, 0.25) is 0 Å². The minimum Gasteiger partial charge on any atom is -0.329 e. The largest absolute Gasteiger partial charge is 0.329 e. The summed E-state index contributed by atoms with van der Waals surface area (Å²) in [5, 5.41) is 0. The quantitative estimate of drug-likeness (QED) is 0.824. The highest BCUT2D eigenvalue weighted by molar-refractivity contribution is 9.10. The van der Waals surface area contributed by atoms with Gasteiger partial charge in [-0.05, 0) is 60.3 Å². The number of thiophene rings is 1. The van der Waals surface area contributed by atoms with Crippen molar-refractivity contribution in [1.29, 1.82) is 0 Å². The molecule has 1 unspecified atom stereocenters. The maximum atomic E-state index is 6.08. The van der Waals surface area contributed by atoms with Crippen molar-refractivity contribution in [2.45, 2.75) is 52.5 Å². The van der Waals surface area contributed by atoms with Crippen molar-refractivity contribution in [3.8, 4) is 0 Å². The molecule has 0 radical (unpaired) electrons. The fourth-order valence-electron chi connectivity index (χ4n) is 3.36. The molecular formula is C16H27BrN2S. The van der Waals surface area contributed by atoms with Crippen LogP contribution in [0.15, 0.2) is 10.5 Å². The van der Waals surface area contributed by atoms with Gasteiger partial charge in [0.15, 0.2) is 0 Å². The van der Waals surface area contributed by atoms with Crippen molar-refractivity contribution < 1.29 is 0 Å². The Kier molecular flexibility index (Phi) is 5.69. The maximum absolute atomic E-state index is 6.08. The zero-order chi connectivity index (χ0) is 14.8. The van der Waals surface area contributed by atoms with Crippen LogP contribution in [0.25, 0.3) is 0 Å². The molecule has 1 aliphatic rings. The molecule has 1 saturated heterocycles. The predicted molar refractivity (Wildman–Crippen MR) is 92.4 cm³/mol. The smallest absolute Gasteiger partial charge is 0.0564 e. The van der Waals surface area contributed by atoms with Gasteiger partial charge in [0.05, 0.1) is 6.04 Å². The number of rotatable bonds is 5. The standard InChI is InChI=1S/C16H27BrN2S/c1-4-16(5-2)6-8-19(9-7-16)14(11-18)15-10-13(17)12(3)20-15/h10,14H,4-9,11,18H2,1-3H3. The lowest BCUT2D eigenvalue weighted by molar-refractivity contribution is 0.0690. The molecule has 0 spiro atoms. The van der Waals surface area contributed by atoms with E-state index in [0.29, 0.717) is 11.5 Å². The zero-order valence-corrected chi connectivity index (χ0v) is 15.3. The van der Waals surface area contributed by atoms with Crippen molar-refractivity contribution in [1.82, 2.24) is 4.90 Å². The Morgan fingerprint density at radius 3 is 2.35 bits per heavy atom. The van der Waals surface area contributed by atoms with Gasteiger partial charge in [-0.15, -0.1) is 11.3 Å². The molecule has 0 bridgehead atoms. The molecule has 4 heteroatoms. The molecule has 1 aromatic rings. The Balaban J connectivity index is 2.07. The summed E-state index contributed by atoms with van der Waals surface area (Å²) in [6.45, 7) is 9.97. The van der Waals surface area contributed by atoms with Crippen LogP contribution in [0.5, 0.6) is 0 Å². The third-order valence-corrected chi connectivity index (χ3v) is 7.47. The lowest BCUT2D eigenvalue weighted by atomic mass is 9.74. The molecule has 0 amide bonds. The number of likely N-dealkylation sites (tertiary alicyclic amines) is 1. The monoisotopic (exact) mass is 358 g/mol. The molecule has 1 aromatic heterocycles. The fraction of sp³-hybridized carbons (Fsp3) is 0.750. The second kappa shape index (κ2) is 6.91. The SMILES string of the molecule is CCC1(CC)CCN(C(CN)c2cc(Br)c(C)s2)CC1. The zero-order valence-electron chi connectivity index (χ0n) is 12.9. The third-order valence-electron chi connectivity index (χ3n) is 5.23. The van der Waals surface area contributed by atoms with E-state index in [-0.39, 0.29) is 0 Å². The summed E-state index contributed by atoms with van der Waals surface area (Å²) < 4.78 is 1.23. The Hall–Kier alpha value is 0.1000. The first-order valence-corrected chi connectivity index (χ1v) is 9.36. The maximum Gasteiger partial charge on any atom is 0.0564 e. The van der Waals surface area contributed by atoms with Crippen LogP contribution in [0.3, 0.4) is 0 Å². The van der Waals surface area contributed by atoms with Crippen molar-refractivity contribution in [3.63, 3.8) is 0 Å². The van der Waals surface area contributed by atoms with Crippen molar-refractivity contribution >= 4 is 27.3 Å². The first-order valence-electron chi connectivity index (χ1n) is 7.75. The van der Waals surface area contributed by atoms with Gasteiger partial charge in [0, 0.05) is 20.8 Å². The molecule has 2 heterocycles. The molecule has 1 fully saturated rings. The average molecular weight is 359 g/mol. The molecule has 0 aromatic carbocycles. The summed E-state index contributed by atoms with van der Waals surface area (Å²) in [7, 11) is 0. The van der Waals surface area contributed by atoms with Gasteiger partial charge in [0.25, 0.3) is 0 Å². The van der Waals surface area contributed by atoms with Crippen LogP contribution in [0.4, 0.5) is 0 Å². The normalized spacial score (nSPS) is 21.1. The van der Waals surface area contributed by atoms with E-state index in [9.17, 15) is 0 Å². The Morgan fingerprint density at radius 1 is 1.35 bits per heavy atom. The molecule has 2 N–H and O–H groups in total. The highest BCUT2D eigenvalue weighted by Gasteiger charge is 2.34. The van der Waals surface area contributed by atoms with Gasteiger partial charge < -0.3 is 5.73 Å². The van der Waals surface area contributed by atoms with Gasteiger partial charge in [0.1, 0.15) is 0 Å². The van der Waals surface area contributed by atoms with E-state index in [1.807, 2.05) is 11.3 Å². The van der Waals surface area contributed by atoms with Crippen molar-refractivity contribution in [3.05, 3.63) is 20.3 Å². The highest BCUT2D eigenvalue weighted by atomic mass is 79.9. The number of nitrogens with two attached hydrogens (primary N) is 1. The molecule has 2 nitrogen and oxygen atoms in total. The van der Waals surface area contributed by atoms with E-state index in [1.165, 1.54) is 53.0 Å². The van der Waals surface area contributed by atoms with Gasteiger partial charge in [0.2, 0.25) is 0 Å². The van der Waals surface area contributed by atoms with E-state index in [2.05, 4.69) is 47.7 Å². The third kappa shape index (κ3) is 3.29. The molecule has 114 valence electrons. The summed E-state index contributed by atoms with van der Waals surface area (Å²) in [5.41, 5.74) is 6.66. The molecule has 0 saturated carbocycles. The predicted octanol–water partition coefficient (Wildman–Crippen LogP) is 4.72. The summed E-state index contributed by atoms with van der Waals surface area (Å²) in [6.07, 6.45) is 5.27. The van der Waals surface area contributed by atoms with Gasteiger partial charge in [-0.25, -0.2) is 0 Å². The number of piperidine rings is 1. The second-order valence-corrected chi connectivity index (χ2v) is 8.19. The van der Waals surface area contributed by atoms with Crippen molar-refractivity contribution in [2.24, 2.45) is 11.1 Å². The average Bonchev–Trinajstić information content (AvgIpc) is 2.80. The van der Waals surface area contributed by atoms with E-state index >= 15 is 0 Å². The first-order chi connectivity index (χ1) is 9.55. The lowest BCUT2D eigenvalue weighted by Crippen LogP contribution is -2.43.